The summed E-state index contributed by atoms with van der Waals surface area (Å²) in [5.74, 6) is 0.627. The number of aliphatic hydroxyl groups is 1. The number of unbranched alkanes of at least 4 members (excludes halogenated alkanes) is 1. The van der Waals surface area contributed by atoms with Crippen LogP contribution < -0.4 is 0 Å². The van der Waals surface area contributed by atoms with Gasteiger partial charge in [0.15, 0.2) is 0 Å². The minimum Gasteiger partial charge on any atom is -0.387 e. The van der Waals surface area contributed by atoms with Gasteiger partial charge in [-0.1, -0.05) is 26.7 Å². The van der Waals surface area contributed by atoms with Gasteiger partial charge in [0.25, 0.3) is 0 Å². The highest BCUT2D eigenvalue weighted by atomic mass is 16.5. The molecule has 0 amide bonds. The molecule has 0 aromatic heterocycles. The van der Waals surface area contributed by atoms with Gasteiger partial charge in [-0.25, -0.2) is 0 Å². The van der Waals surface area contributed by atoms with Gasteiger partial charge < -0.3 is 9.84 Å². The Balaban J connectivity index is 2.01. The number of hydrogen-bond acceptors (Lipinski definition) is 2. The molecule has 3 fully saturated rings. The van der Waals surface area contributed by atoms with E-state index < -0.39 is 5.60 Å². The second-order valence-corrected chi connectivity index (χ2v) is 8.52. The van der Waals surface area contributed by atoms with E-state index in [1.165, 1.54) is 19.3 Å². The summed E-state index contributed by atoms with van der Waals surface area (Å²) in [6.07, 6.45) is 10.1. The van der Waals surface area contributed by atoms with E-state index in [1.807, 2.05) is 0 Å². The summed E-state index contributed by atoms with van der Waals surface area (Å²) in [6, 6.07) is 0. The molecule has 116 valence electrons. The lowest BCUT2D eigenvalue weighted by Gasteiger charge is -2.60. The summed E-state index contributed by atoms with van der Waals surface area (Å²) in [6.45, 7) is 9.09. The summed E-state index contributed by atoms with van der Waals surface area (Å²) >= 11 is 0. The summed E-state index contributed by atoms with van der Waals surface area (Å²) in [5, 5.41) is 11.5. The molecule has 2 aliphatic carbocycles. The lowest BCUT2D eigenvalue weighted by Crippen LogP contribution is -2.66. The van der Waals surface area contributed by atoms with Crippen LogP contribution in [-0.2, 0) is 4.74 Å². The fourth-order valence-corrected chi connectivity index (χ4v) is 5.62. The summed E-state index contributed by atoms with van der Waals surface area (Å²) in [5.41, 5.74) is -0.754. The summed E-state index contributed by atoms with van der Waals surface area (Å²) in [4.78, 5) is 0. The van der Waals surface area contributed by atoms with Crippen molar-refractivity contribution in [1.82, 2.24) is 0 Å². The van der Waals surface area contributed by atoms with Crippen LogP contribution in [0.1, 0.15) is 85.5 Å². The average Bonchev–Trinajstić information content (AvgIpc) is 2.61. The predicted octanol–water partition coefficient (Wildman–Crippen LogP) is 4.45. The highest BCUT2D eigenvalue weighted by molar-refractivity contribution is 5.20. The van der Waals surface area contributed by atoms with Crippen LogP contribution in [0, 0.1) is 11.3 Å². The molecule has 0 aromatic carbocycles. The molecule has 1 saturated heterocycles. The number of hydrogen-bond donors (Lipinski definition) is 1. The van der Waals surface area contributed by atoms with Gasteiger partial charge >= 0.3 is 0 Å². The monoisotopic (exact) mass is 280 g/mol. The van der Waals surface area contributed by atoms with Crippen LogP contribution in [0.2, 0.25) is 0 Å². The third-order valence-corrected chi connectivity index (χ3v) is 6.99. The number of rotatable bonds is 3. The Bertz CT molecular complexity index is 391. The van der Waals surface area contributed by atoms with E-state index in [1.54, 1.807) is 0 Å². The van der Waals surface area contributed by atoms with Crippen LogP contribution in [0.4, 0.5) is 0 Å². The molecule has 1 aliphatic heterocycles. The SMILES string of the molecule is CCCC[C@@]1(O)CCC[C@@]2(C)CC[C@@H]3C[C@@]21OC3(C)C. The predicted molar refractivity (Wildman–Crippen MR) is 81.7 cm³/mol. The minimum absolute atomic E-state index is 0.0602. The van der Waals surface area contributed by atoms with Crippen molar-refractivity contribution in [2.75, 3.05) is 0 Å². The lowest BCUT2D eigenvalue weighted by atomic mass is 9.50. The molecular formula is C18H32O2. The first-order valence-electron chi connectivity index (χ1n) is 8.71. The van der Waals surface area contributed by atoms with Crippen LogP contribution >= 0.6 is 0 Å². The van der Waals surface area contributed by atoms with E-state index in [4.69, 9.17) is 4.74 Å². The van der Waals surface area contributed by atoms with Crippen LogP contribution in [0.5, 0.6) is 0 Å². The molecule has 0 radical (unpaired) electrons. The van der Waals surface area contributed by atoms with Gasteiger partial charge in [-0.2, -0.15) is 0 Å². The van der Waals surface area contributed by atoms with E-state index in [-0.39, 0.29) is 16.6 Å². The van der Waals surface area contributed by atoms with E-state index in [0.29, 0.717) is 5.92 Å². The Morgan fingerprint density at radius 2 is 1.90 bits per heavy atom. The molecule has 0 unspecified atom stereocenters. The van der Waals surface area contributed by atoms with E-state index in [9.17, 15) is 5.11 Å². The zero-order valence-electron chi connectivity index (χ0n) is 13.8. The maximum atomic E-state index is 11.5. The van der Waals surface area contributed by atoms with Gasteiger partial charge in [0, 0.05) is 0 Å². The standard InChI is InChI=1S/C18H32O2/c1-5-6-10-17(19)11-7-9-16(4)12-8-14-13-18(16,17)20-15(14,2)3/h14,19H,5-13H2,1-4H3/t14-,16+,17-,18-/m1/s1. The van der Waals surface area contributed by atoms with Gasteiger partial charge in [-0.05, 0) is 70.1 Å². The Hall–Kier alpha value is -0.0800. The number of ether oxygens (including phenoxy) is 1. The first kappa shape index (κ1) is 14.8. The Kier molecular flexibility index (Phi) is 3.31. The van der Waals surface area contributed by atoms with Crippen molar-refractivity contribution < 1.29 is 9.84 Å². The number of fused-ring (bicyclic) bond motifs is 1. The van der Waals surface area contributed by atoms with Crippen LogP contribution in [-0.4, -0.2) is 21.9 Å². The van der Waals surface area contributed by atoms with Gasteiger partial charge in [0.1, 0.15) is 5.60 Å². The van der Waals surface area contributed by atoms with Crippen LogP contribution in [0.25, 0.3) is 0 Å². The first-order valence-corrected chi connectivity index (χ1v) is 8.71. The van der Waals surface area contributed by atoms with E-state index in [0.717, 1.165) is 38.5 Å². The molecule has 3 aliphatic rings. The fraction of sp³-hybridized carbons (Fsp3) is 1.00. The summed E-state index contributed by atoms with van der Waals surface area (Å²) < 4.78 is 6.73. The van der Waals surface area contributed by atoms with Crippen molar-refractivity contribution in [3.63, 3.8) is 0 Å². The zero-order chi connectivity index (χ0) is 14.6. The average molecular weight is 280 g/mol. The quantitative estimate of drug-likeness (QED) is 0.828. The molecule has 2 bridgehead atoms. The van der Waals surface area contributed by atoms with Gasteiger partial charge in [0.2, 0.25) is 0 Å². The van der Waals surface area contributed by atoms with Crippen molar-refractivity contribution in [3.8, 4) is 0 Å². The Morgan fingerprint density at radius 3 is 2.60 bits per heavy atom. The van der Waals surface area contributed by atoms with Crippen molar-refractivity contribution >= 4 is 0 Å². The zero-order valence-corrected chi connectivity index (χ0v) is 13.8. The second kappa shape index (κ2) is 4.46. The smallest absolute Gasteiger partial charge is 0.103 e. The fourth-order valence-electron chi connectivity index (χ4n) is 5.62. The van der Waals surface area contributed by atoms with Crippen molar-refractivity contribution in [2.45, 2.75) is 102 Å². The molecule has 2 saturated carbocycles. The first-order chi connectivity index (χ1) is 9.29. The molecule has 3 rings (SSSR count). The topological polar surface area (TPSA) is 29.5 Å². The molecular weight excluding hydrogens is 248 g/mol. The molecule has 2 heteroatoms. The molecule has 1 spiro atoms. The minimum atomic E-state index is -0.595. The normalized spacial score (nSPS) is 50.0. The molecule has 0 aromatic rings. The van der Waals surface area contributed by atoms with E-state index >= 15 is 0 Å². The highest BCUT2D eigenvalue weighted by Gasteiger charge is 2.71. The molecule has 1 N–H and O–H groups in total. The second-order valence-electron chi connectivity index (χ2n) is 8.52. The third kappa shape index (κ3) is 1.76. The van der Waals surface area contributed by atoms with Crippen molar-refractivity contribution in [3.05, 3.63) is 0 Å². The Labute approximate surface area is 124 Å². The van der Waals surface area contributed by atoms with Crippen LogP contribution in [0.15, 0.2) is 0 Å². The largest absolute Gasteiger partial charge is 0.387 e. The molecule has 20 heavy (non-hydrogen) atoms. The maximum absolute atomic E-state index is 11.5. The van der Waals surface area contributed by atoms with Gasteiger partial charge in [-0.15, -0.1) is 0 Å². The third-order valence-electron chi connectivity index (χ3n) is 6.99. The maximum Gasteiger partial charge on any atom is 0.103 e. The van der Waals surface area contributed by atoms with Gasteiger partial charge in [0.05, 0.1) is 11.2 Å². The summed E-state index contributed by atoms with van der Waals surface area (Å²) in [7, 11) is 0. The molecule has 1 heterocycles. The highest BCUT2D eigenvalue weighted by Crippen LogP contribution is 2.67. The Morgan fingerprint density at radius 1 is 1.15 bits per heavy atom. The van der Waals surface area contributed by atoms with Crippen LogP contribution in [0.3, 0.4) is 0 Å². The van der Waals surface area contributed by atoms with Crippen molar-refractivity contribution in [2.24, 2.45) is 11.3 Å². The lowest BCUT2D eigenvalue weighted by molar-refractivity contribution is -0.268. The molecule has 4 atom stereocenters. The van der Waals surface area contributed by atoms with E-state index in [2.05, 4.69) is 27.7 Å². The van der Waals surface area contributed by atoms with Gasteiger partial charge in [-0.3, -0.25) is 0 Å². The molecule has 2 nitrogen and oxygen atoms in total. The van der Waals surface area contributed by atoms with Crippen molar-refractivity contribution in [1.29, 1.82) is 0 Å².